The molecule has 0 saturated carbocycles. The number of hydrogen-bond donors (Lipinski definition) is 2. The number of carbonyl (C=O) groups is 2. The number of imidazole rings is 1. The summed E-state index contributed by atoms with van der Waals surface area (Å²) in [5.41, 5.74) is 5.33. The number of amides is 2. The highest BCUT2D eigenvalue weighted by molar-refractivity contribution is 6.10. The van der Waals surface area contributed by atoms with E-state index in [1.807, 2.05) is 69.3 Å². The predicted octanol–water partition coefficient (Wildman–Crippen LogP) is 4.76. The molecule has 0 saturated heterocycles. The first-order valence-electron chi connectivity index (χ1n) is 9.65. The van der Waals surface area contributed by atoms with Gasteiger partial charge in [-0.25, -0.2) is 4.98 Å². The number of carbonyl (C=O) groups excluding carboxylic acids is 2. The fourth-order valence-corrected chi connectivity index (χ4v) is 3.43. The van der Waals surface area contributed by atoms with Crippen LogP contribution in [0.2, 0.25) is 0 Å². The maximum atomic E-state index is 13.0. The molecule has 4 aromatic rings. The van der Waals surface area contributed by atoms with Crippen molar-refractivity contribution < 1.29 is 9.59 Å². The Labute approximate surface area is 174 Å². The molecule has 2 aromatic heterocycles. The molecule has 2 aromatic carbocycles. The van der Waals surface area contributed by atoms with Crippen molar-refractivity contribution >= 4 is 28.7 Å². The molecule has 30 heavy (non-hydrogen) atoms. The van der Waals surface area contributed by atoms with Crippen LogP contribution in [-0.4, -0.2) is 21.2 Å². The molecule has 6 heteroatoms. The van der Waals surface area contributed by atoms with Crippen molar-refractivity contribution in [3.05, 3.63) is 95.1 Å². The molecule has 150 valence electrons. The molecule has 0 fully saturated rings. The van der Waals surface area contributed by atoms with Gasteiger partial charge in [-0.1, -0.05) is 29.8 Å². The molecule has 2 heterocycles. The van der Waals surface area contributed by atoms with E-state index >= 15 is 0 Å². The molecule has 2 amide bonds. The van der Waals surface area contributed by atoms with Crippen LogP contribution in [0, 0.1) is 20.8 Å². The SMILES string of the molecule is Cc1ccc(NC(=O)c2nc(C(=O)Nc3cc(C)cc(C)c3)c3ccccn23)cc1. The Hall–Kier alpha value is -3.93. The predicted molar refractivity (Wildman–Crippen MR) is 118 cm³/mol. The molecule has 0 aliphatic carbocycles. The van der Waals surface area contributed by atoms with Crippen LogP contribution in [0.5, 0.6) is 0 Å². The Morgan fingerprint density at radius 3 is 2.13 bits per heavy atom. The molecule has 0 atom stereocenters. The molecule has 2 N–H and O–H groups in total. The van der Waals surface area contributed by atoms with Crippen LogP contribution >= 0.6 is 0 Å². The fourth-order valence-electron chi connectivity index (χ4n) is 3.43. The monoisotopic (exact) mass is 398 g/mol. The fraction of sp³-hybridized carbons (Fsp3) is 0.125. The van der Waals surface area contributed by atoms with E-state index < -0.39 is 0 Å². The van der Waals surface area contributed by atoms with Gasteiger partial charge in [-0.3, -0.25) is 14.0 Å². The summed E-state index contributed by atoms with van der Waals surface area (Å²) in [7, 11) is 0. The van der Waals surface area contributed by atoms with Crippen molar-refractivity contribution in [3.63, 3.8) is 0 Å². The Balaban J connectivity index is 1.67. The Bertz CT molecular complexity index is 1240. The molecule has 6 nitrogen and oxygen atoms in total. The van der Waals surface area contributed by atoms with Crippen LogP contribution in [0.15, 0.2) is 66.9 Å². The average molecular weight is 398 g/mol. The highest BCUT2D eigenvalue weighted by Gasteiger charge is 2.21. The van der Waals surface area contributed by atoms with Crippen molar-refractivity contribution in [2.45, 2.75) is 20.8 Å². The summed E-state index contributed by atoms with van der Waals surface area (Å²) in [4.78, 5) is 30.2. The number of pyridine rings is 1. The molecule has 0 spiro atoms. The molecule has 4 rings (SSSR count). The molecular weight excluding hydrogens is 376 g/mol. The zero-order valence-corrected chi connectivity index (χ0v) is 17.1. The molecule has 0 bridgehead atoms. The number of rotatable bonds is 4. The van der Waals surface area contributed by atoms with Crippen molar-refractivity contribution in [2.75, 3.05) is 10.6 Å². The first-order valence-corrected chi connectivity index (χ1v) is 9.65. The molecule has 0 radical (unpaired) electrons. The minimum atomic E-state index is -0.384. The number of fused-ring (bicyclic) bond motifs is 1. The van der Waals surface area contributed by atoms with Gasteiger partial charge in [0.15, 0.2) is 5.69 Å². The van der Waals surface area contributed by atoms with Gasteiger partial charge in [-0.2, -0.15) is 0 Å². The van der Waals surface area contributed by atoms with E-state index in [0.29, 0.717) is 16.9 Å². The number of benzene rings is 2. The van der Waals surface area contributed by atoms with E-state index in [-0.39, 0.29) is 23.3 Å². The quantitative estimate of drug-likeness (QED) is 0.520. The van der Waals surface area contributed by atoms with Gasteiger partial charge in [0.05, 0.1) is 5.52 Å². The average Bonchev–Trinajstić information content (AvgIpc) is 3.09. The van der Waals surface area contributed by atoms with Gasteiger partial charge >= 0.3 is 0 Å². The van der Waals surface area contributed by atoms with E-state index in [9.17, 15) is 9.59 Å². The molecule has 0 aliphatic heterocycles. The maximum Gasteiger partial charge on any atom is 0.292 e. The highest BCUT2D eigenvalue weighted by atomic mass is 16.2. The van der Waals surface area contributed by atoms with Crippen LogP contribution < -0.4 is 10.6 Å². The van der Waals surface area contributed by atoms with Gasteiger partial charge < -0.3 is 10.6 Å². The van der Waals surface area contributed by atoms with Gasteiger partial charge in [0.1, 0.15) is 0 Å². The number of aromatic nitrogens is 2. The topological polar surface area (TPSA) is 75.5 Å². The van der Waals surface area contributed by atoms with Gasteiger partial charge in [0.25, 0.3) is 11.8 Å². The lowest BCUT2D eigenvalue weighted by Gasteiger charge is -2.06. The van der Waals surface area contributed by atoms with Crippen molar-refractivity contribution in [3.8, 4) is 0 Å². The summed E-state index contributed by atoms with van der Waals surface area (Å²) in [5.74, 6) is -0.597. The lowest BCUT2D eigenvalue weighted by atomic mass is 10.1. The van der Waals surface area contributed by atoms with Crippen LogP contribution in [0.25, 0.3) is 5.52 Å². The standard InChI is InChI=1S/C24H22N4O2/c1-15-7-9-18(10-8-15)25-24(30)22-27-21(20-6-4-5-11-28(20)22)23(29)26-19-13-16(2)12-17(3)14-19/h4-14H,1-3H3,(H,25,30)(H,26,29). The third-order valence-corrected chi connectivity index (χ3v) is 4.76. The Kier molecular flexibility index (Phi) is 5.06. The lowest BCUT2D eigenvalue weighted by Crippen LogP contribution is -2.16. The molecular formula is C24H22N4O2. The summed E-state index contributed by atoms with van der Waals surface area (Å²) in [6.07, 6.45) is 1.72. The summed E-state index contributed by atoms with van der Waals surface area (Å²) < 4.78 is 1.62. The maximum absolute atomic E-state index is 13.0. The second-order valence-electron chi connectivity index (χ2n) is 7.39. The van der Waals surface area contributed by atoms with E-state index in [0.717, 1.165) is 16.7 Å². The van der Waals surface area contributed by atoms with Crippen LogP contribution in [0.1, 0.15) is 37.8 Å². The summed E-state index contributed by atoms with van der Waals surface area (Å²) in [6, 6.07) is 18.7. The third kappa shape index (κ3) is 3.93. The third-order valence-electron chi connectivity index (χ3n) is 4.76. The van der Waals surface area contributed by atoms with Crippen molar-refractivity contribution in [1.82, 2.24) is 9.38 Å². The molecule has 0 unspecified atom stereocenters. The van der Waals surface area contributed by atoms with Gasteiger partial charge in [-0.15, -0.1) is 0 Å². The second-order valence-corrected chi connectivity index (χ2v) is 7.39. The van der Waals surface area contributed by atoms with Crippen molar-refractivity contribution in [1.29, 1.82) is 0 Å². The first kappa shape index (κ1) is 19.4. The highest BCUT2D eigenvalue weighted by Crippen LogP contribution is 2.19. The first-order chi connectivity index (χ1) is 14.4. The summed E-state index contributed by atoms with van der Waals surface area (Å²) in [5, 5.41) is 5.73. The van der Waals surface area contributed by atoms with Gasteiger partial charge in [-0.05, 0) is 68.3 Å². The number of nitrogens with zero attached hydrogens (tertiary/aromatic N) is 2. The summed E-state index contributed by atoms with van der Waals surface area (Å²) in [6.45, 7) is 5.93. The normalized spacial score (nSPS) is 10.8. The van der Waals surface area contributed by atoms with Gasteiger partial charge in [0, 0.05) is 17.6 Å². The largest absolute Gasteiger partial charge is 0.321 e. The van der Waals surface area contributed by atoms with Crippen molar-refractivity contribution in [2.24, 2.45) is 0 Å². The number of hydrogen-bond acceptors (Lipinski definition) is 3. The van der Waals surface area contributed by atoms with E-state index in [1.54, 1.807) is 22.7 Å². The Morgan fingerprint density at radius 2 is 1.43 bits per heavy atom. The number of aryl methyl sites for hydroxylation is 3. The summed E-state index contributed by atoms with van der Waals surface area (Å²) >= 11 is 0. The number of anilines is 2. The minimum absolute atomic E-state index is 0.150. The second kappa shape index (κ2) is 7.83. The van der Waals surface area contributed by atoms with E-state index in [4.69, 9.17) is 0 Å². The van der Waals surface area contributed by atoms with E-state index in [2.05, 4.69) is 15.6 Å². The minimum Gasteiger partial charge on any atom is -0.321 e. The smallest absolute Gasteiger partial charge is 0.292 e. The molecule has 0 aliphatic rings. The van der Waals surface area contributed by atoms with E-state index in [1.165, 1.54) is 0 Å². The zero-order valence-electron chi connectivity index (χ0n) is 17.1. The van der Waals surface area contributed by atoms with Gasteiger partial charge in [0.2, 0.25) is 5.82 Å². The van der Waals surface area contributed by atoms with Crippen LogP contribution in [0.3, 0.4) is 0 Å². The van der Waals surface area contributed by atoms with Crippen LogP contribution in [0.4, 0.5) is 11.4 Å². The number of nitrogens with one attached hydrogen (secondary N) is 2. The Morgan fingerprint density at radius 1 is 0.767 bits per heavy atom. The lowest BCUT2D eigenvalue weighted by molar-refractivity contribution is 0.101. The van der Waals surface area contributed by atoms with Crippen LogP contribution in [-0.2, 0) is 0 Å². The zero-order chi connectivity index (χ0) is 21.3.